The van der Waals surface area contributed by atoms with E-state index in [4.69, 9.17) is 10.2 Å². The fraction of sp³-hybridized carbons (Fsp3) is 0.500. The zero-order valence-corrected chi connectivity index (χ0v) is 5.38. The van der Waals surface area contributed by atoms with E-state index in [1.165, 1.54) is 0 Å². The van der Waals surface area contributed by atoms with Crippen LogP contribution in [0.3, 0.4) is 0 Å². The first kappa shape index (κ1) is 6.43. The minimum atomic E-state index is -1.12. The van der Waals surface area contributed by atoms with Crippen molar-refractivity contribution in [2.45, 2.75) is 3.35 Å². The number of carbonyl (C=O) groups is 1. The molecule has 0 saturated heterocycles. The van der Waals surface area contributed by atoms with Crippen molar-refractivity contribution >= 4 is 33.9 Å². The Morgan fingerprint density at radius 3 is 2.00 bits per heavy atom. The summed E-state index contributed by atoms with van der Waals surface area (Å²) in [6.45, 7) is 0. The Balaban J connectivity index is 3.26. The molecule has 0 amide bonds. The van der Waals surface area contributed by atoms with Gasteiger partial charge in [0.1, 0.15) is 0 Å². The van der Waals surface area contributed by atoms with E-state index < -0.39 is 9.32 Å². The number of aliphatic hydroxyl groups is 1. The Morgan fingerprint density at radius 2 is 2.00 bits per heavy atom. The van der Waals surface area contributed by atoms with Crippen molar-refractivity contribution in [1.82, 2.24) is 0 Å². The monoisotopic (exact) mass is 98.0 g/mol. The van der Waals surface area contributed by atoms with Gasteiger partial charge in [-0.25, -0.2) is 0 Å². The van der Waals surface area contributed by atoms with Crippen molar-refractivity contribution in [1.29, 1.82) is 0 Å². The molecule has 30 valence electrons. The zero-order valence-electron chi connectivity index (χ0n) is 3.38. The fourth-order valence-electron chi connectivity index (χ4n) is 0. The van der Waals surface area contributed by atoms with Crippen molar-refractivity contribution in [3.8, 4) is 0 Å². The van der Waals surface area contributed by atoms with E-state index in [9.17, 15) is 4.79 Å². The molecule has 0 spiro atoms. The van der Waals surface area contributed by atoms with Crippen LogP contribution in [0.4, 0.5) is 0 Å². The molecule has 1 unspecified atom stereocenters. The van der Waals surface area contributed by atoms with Crippen LogP contribution < -0.4 is 0 Å². The minimum absolute atomic E-state index is 0.309. The van der Waals surface area contributed by atoms with Gasteiger partial charge in [0.05, 0.1) is 0 Å². The standard InChI is InChI=1S/C2H3O3.Na/c3-1-2(4)5;/h1,3H,(H,4,5);. The molecule has 0 aromatic rings. The topological polar surface area (TPSA) is 57.5 Å². The maximum atomic E-state index is 9.48. The molecular weight excluding hydrogens is 95.0 g/mol. The Hall–Kier alpha value is 0.430. The second kappa shape index (κ2) is 2.58. The summed E-state index contributed by atoms with van der Waals surface area (Å²) in [6, 6.07) is 0. The quantitative estimate of drug-likeness (QED) is 0.395. The van der Waals surface area contributed by atoms with Crippen LogP contribution >= 0.6 is 0 Å². The number of carboxylic acid groups (broad SMARTS) is 1. The molecule has 6 heavy (non-hydrogen) atoms. The molecule has 3 nitrogen and oxygen atoms in total. The first-order valence-electron chi connectivity index (χ1n) is 1.55. The number of aliphatic carboxylic acids is 1. The first-order chi connectivity index (χ1) is 2.64. The molecule has 0 aliphatic heterocycles. The van der Waals surface area contributed by atoms with Crippen LogP contribution in [-0.2, 0) is 4.79 Å². The van der Waals surface area contributed by atoms with Crippen LogP contribution in [0.2, 0.25) is 0 Å². The average molecular weight is 98.0 g/mol. The van der Waals surface area contributed by atoms with Crippen LogP contribution in [-0.4, -0.2) is 47.5 Å². The number of hydrogen-bond acceptors (Lipinski definition) is 2. The summed E-state index contributed by atoms with van der Waals surface area (Å²) >= 11 is 0.309. The van der Waals surface area contributed by atoms with E-state index in [2.05, 4.69) is 0 Å². The van der Waals surface area contributed by atoms with Crippen molar-refractivity contribution in [2.75, 3.05) is 0 Å². The summed E-state index contributed by atoms with van der Waals surface area (Å²) in [5.74, 6) is -1.12. The number of rotatable bonds is 1. The Morgan fingerprint density at radius 1 is 1.83 bits per heavy atom. The van der Waals surface area contributed by atoms with Crippen molar-refractivity contribution < 1.29 is 15.0 Å². The van der Waals surface area contributed by atoms with Gasteiger partial charge in [-0.2, -0.15) is 0 Å². The van der Waals surface area contributed by atoms with Gasteiger partial charge < -0.3 is 0 Å². The zero-order chi connectivity index (χ0) is 5.15. The van der Waals surface area contributed by atoms with Crippen molar-refractivity contribution in [3.63, 3.8) is 0 Å². The predicted molar refractivity (Wildman–Crippen MR) is 19.4 cm³/mol. The summed E-state index contributed by atoms with van der Waals surface area (Å²) in [5.41, 5.74) is 0. The van der Waals surface area contributed by atoms with Gasteiger partial charge in [-0.3, -0.25) is 0 Å². The molecule has 2 N–H and O–H groups in total. The summed E-state index contributed by atoms with van der Waals surface area (Å²) in [5, 5.41) is 15.9. The summed E-state index contributed by atoms with van der Waals surface area (Å²) in [6.07, 6.45) is 0. The number of carboxylic acids is 1. The summed E-state index contributed by atoms with van der Waals surface area (Å²) < 4.78 is -1.09. The van der Waals surface area contributed by atoms with E-state index in [1.807, 2.05) is 0 Å². The molecule has 4 heteroatoms. The Kier molecular flexibility index (Phi) is 2.76. The Labute approximate surface area is 52.4 Å². The van der Waals surface area contributed by atoms with E-state index >= 15 is 0 Å². The first-order valence-corrected chi connectivity index (χ1v) is 2.71. The van der Waals surface area contributed by atoms with Crippen LogP contribution in [0.1, 0.15) is 0 Å². The van der Waals surface area contributed by atoms with Gasteiger partial charge in [0.15, 0.2) is 0 Å². The normalized spacial score (nSPS) is 13.8. The molecule has 0 saturated carbocycles. The summed E-state index contributed by atoms with van der Waals surface area (Å²) in [4.78, 5) is 9.48. The molecule has 0 radical (unpaired) electrons. The SMILES string of the molecule is O=C(O)[CH](O)[Na]. The molecule has 0 aliphatic carbocycles. The second-order valence-corrected chi connectivity index (χ2v) is 2.11. The van der Waals surface area contributed by atoms with Crippen LogP contribution in [0, 0.1) is 0 Å². The predicted octanol–water partition coefficient (Wildman–Crippen LogP) is -1.44. The van der Waals surface area contributed by atoms with Gasteiger partial charge in [0, 0.05) is 0 Å². The third-order valence-electron chi connectivity index (χ3n) is 0.357. The van der Waals surface area contributed by atoms with Gasteiger partial charge >= 0.3 is 52.3 Å². The molecule has 0 aliphatic rings. The maximum absolute atomic E-state index is 9.48. The van der Waals surface area contributed by atoms with Crippen LogP contribution in [0.15, 0.2) is 0 Å². The van der Waals surface area contributed by atoms with Gasteiger partial charge in [0.25, 0.3) is 0 Å². The van der Waals surface area contributed by atoms with E-state index in [1.54, 1.807) is 0 Å². The van der Waals surface area contributed by atoms with Crippen molar-refractivity contribution in [2.24, 2.45) is 0 Å². The van der Waals surface area contributed by atoms with Gasteiger partial charge in [-0.05, 0) is 0 Å². The second-order valence-electron chi connectivity index (χ2n) is 1.01. The number of hydrogen-bond donors (Lipinski definition) is 2. The molecule has 0 heterocycles. The van der Waals surface area contributed by atoms with Gasteiger partial charge in [0.2, 0.25) is 0 Å². The van der Waals surface area contributed by atoms with E-state index in [-0.39, 0.29) is 0 Å². The molecule has 0 aromatic carbocycles. The average Bonchev–Trinajstić information content (AvgIpc) is 1.36. The third kappa shape index (κ3) is 2.66. The van der Waals surface area contributed by atoms with E-state index in [0.717, 1.165) is 0 Å². The van der Waals surface area contributed by atoms with Crippen molar-refractivity contribution in [3.05, 3.63) is 0 Å². The van der Waals surface area contributed by atoms with Crippen LogP contribution in [0.25, 0.3) is 0 Å². The fourth-order valence-corrected chi connectivity index (χ4v) is 0. The third-order valence-corrected chi connectivity index (χ3v) is 0.851. The molecule has 1 atom stereocenters. The molecule has 0 rings (SSSR count). The van der Waals surface area contributed by atoms with E-state index in [0.29, 0.717) is 27.9 Å². The van der Waals surface area contributed by atoms with Gasteiger partial charge in [-0.1, -0.05) is 0 Å². The molecule has 0 aromatic heterocycles. The van der Waals surface area contributed by atoms with Gasteiger partial charge in [-0.15, -0.1) is 0 Å². The molecular formula is C2H3NaO3. The molecule has 0 bridgehead atoms. The number of aliphatic hydroxyl groups excluding tert-OH is 1. The Bertz CT molecular complexity index is 59.8. The van der Waals surface area contributed by atoms with Crippen LogP contribution in [0.5, 0.6) is 0 Å². The summed E-state index contributed by atoms with van der Waals surface area (Å²) in [7, 11) is 0. The molecule has 0 fully saturated rings.